The van der Waals surface area contributed by atoms with Gasteiger partial charge in [0.1, 0.15) is 0 Å². The lowest BCUT2D eigenvalue weighted by molar-refractivity contribution is -0.128. The van der Waals surface area contributed by atoms with Gasteiger partial charge in [-0.3, -0.25) is 4.79 Å². The van der Waals surface area contributed by atoms with E-state index in [0.717, 1.165) is 23.7 Å². The smallest absolute Gasteiger partial charge is 0.355 e. The van der Waals surface area contributed by atoms with Crippen LogP contribution in [0.5, 0.6) is 0 Å². The highest BCUT2D eigenvalue weighted by Gasteiger charge is 2.30. The molecule has 8 heteroatoms. The highest BCUT2D eigenvalue weighted by atomic mass is 32.2. The Balaban J connectivity index is 1.51. The molecule has 0 saturated carbocycles. The lowest BCUT2D eigenvalue weighted by Gasteiger charge is -2.25. The van der Waals surface area contributed by atoms with E-state index in [9.17, 15) is 9.59 Å². The molecule has 1 aromatic carbocycles. The molecular formula is C21H27N3O3S2. The first-order valence-corrected chi connectivity index (χ1v) is 11.9. The number of aryl methyl sites for hydroxylation is 1. The summed E-state index contributed by atoms with van der Waals surface area (Å²) in [6.45, 7) is 3.60. The van der Waals surface area contributed by atoms with Crippen LogP contribution in [0.1, 0.15) is 48.7 Å². The molecule has 1 aromatic heterocycles. The van der Waals surface area contributed by atoms with Crippen molar-refractivity contribution in [2.45, 2.75) is 49.4 Å². The van der Waals surface area contributed by atoms with Crippen molar-refractivity contribution >= 4 is 40.7 Å². The van der Waals surface area contributed by atoms with E-state index in [1.165, 1.54) is 47.2 Å². The number of thiazole rings is 1. The second-order valence-corrected chi connectivity index (χ2v) is 9.27. The lowest BCUT2D eigenvalue weighted by atomic mass is 10.1. The molecule has 1 saturated heterocycles. The Labute approximate surface area is 179 Å². The van der Waals surface area contributed by atoms with Gasteiger partial charge in [0.15, 0.2) is 10.0 Å². The van der Waals surface area contributed by atoms with E-state index in [1.807, 2.05) is 11.0 Å². The third-order valence-corrected chi connectivity index (χ3v) is 7.06. The van der Waals surface area contributed by atoms with Crippen molar-refractivity contribution in [2.24, 2.45) is 0 Å². The van der Waals surface area contributed by atoms with E-state index in [4.69, 9.17) is 5.11 Å². The van der Waals surface area contributed by atoms with Crippen LogP contribution in [0.3, 0.4) is 0 Å². The van der Waals surface area contributed by atoms with Crippen molar-refractivity contribution < 1.29 is 14.7 Å². The molecule has 0 bridgehead atoms. The Kier molecular flexibility index (Phi) is 7.94. The maximum Gasteiger partial charge on any atom is 0.355 e. The number of rotatable bonds is 11. The Bertz CT molecular complexity index is 840. The topological polar surface area (TPSA) is 82.5 Å². The summed E-state index contributed by atoms with van der Waals surface area (Å²) in [6, 6.07) is 8.60. The number of nitrogens with zero attached hydrogens (tertiary/aromatic N) is 2. The molecule has 0 spiro atoms. The van der Waals surface area contributed by atoms with Crippen molar-refractivity contribution in [3.8, 4) is 0 Å². The first kappa shape index (κ1) is 21.6. The monoisotopic (exact) mass is 433 g/mol. The van der Waals surface area contributed by atoms with Crippen LogP contribution in [-0.2, 0) is 11.2 Å². The van der Waals surface area contributed by atoms with Crippen LogP contribution in [0, 0.1) is 0 Å². The van der Waals surface area contributed by atoms with Gasteiger partial charge in [0.25, 0.3) is 0 Å². The number of para-hydroxylation sites is 1. The first-order valence-electron chi connectivity index (χ1n) is 10.0. The summed E-state index contributed by atoms with van der Waals surface area (Å²) in [7, 11) is 0. The molecule has 3 rings (SSSR count). The number of benzene rings is 1. The predicted molar refractivity (Wildman–Crippen MR) is 118 cm³/mol. The molecule has 0 radical (unpaired) electrons. The van der Waals surface area contributed by atoms with Crippen LogP contribution in [-0.4, -0.2) is 51.8 Å². The van der Waals surface area contributed by atoms with E-state index < -0.39 is 5.97 Å². The maximum atomic E-state index is 12.3. The quantitative estimate of drug-likeness (QED) is 0.512. The number of nitrogens with one attached hydrogen (secondary N) is 1. The fraction of sp³-hybridized carbons (Fsp3) is 0.476. The minimum absolute atomic E-state index is 0.0820. The third kappa shape index (κ3) is 5.96. The molecule has 1 aliphatic rings. The summed E-state index contributed by atoms with van der Waals surface area (Å²) in [4.78, 5) is 29.3. The number of carbonyl (C=O) groups is 2. The molecule has 29 heavy (non-hydrogen) atoms. The van der Waals surface area contributed by atoms with Crippen molar-refractivity contribution in [1.29, 1.82) is 0 Å². The third-order valence-electron chi connectivity index (χ3n) is 5.06. The number of thioether (sulfide) groups is 1. The Morgan fingerprint density at radius 1 is 1.41 bits per heavy atom. The van der Waals surface area contributed by atoms with E-state index in [-0.39, 0.29) is 17.6 Å². The number of hydrogen-bond donors (Lipinski definition) is 2. The fourth-order valence-corrected chi connectivity index (χ4v) is 5.28. The Morgan fingerprint density at radius 3 is 3.00 bits per heavy atom. The lowest BCUT2D eigenvalue weighted by Crippen LogP contribution is -2.39. The largest absolute Gasteiger partial charge is 0.476 e. The summed E-state index contributed by atoms with van der Waals surface area (Å²) in [6.07, 6.45) is 4.87. The summed E-state index contributed by atoms with van der Waals surface area (Å²) >= 11 is 2.84. The van der Waals surface area contributed by atoms with Gasteiger partial charge in [0, 0.05) is 42.4 Å². The summed E-state index contributed by atoms with van der Waals surface area (Å²) in [5.74, 6) is -0.0998. The second kappa shape index (κ2) is 10.6. The van der Waals surface area contributed by atoms with Gasteiger partial charge in [0.05, 0.1) is 0 Å². The average molecular weight is 434 g/mol. The first-order chi connectivity index (χ1) is 14.1. The van der Waals surface area contributed by atoms with Gasteiger partial charge in [-0.2, -0.15) is 0 Å². The summed E-state index contributed by atoms with van der Waals surface area (Å²) < 4.78 is 0.730. The number of unbranched alkanes of at least 4 members (excludes halogenated alkanes) is 1. The normalized spacial score (nSPS) is 16.4. The zero-order chi connectivity index (χ0) is 20.6. The average Bonchev–Trinajstić information content (AvgIpc) is 3.33. The van der Waals surface area contributed by atoms with Crippen molar-refractivity contribution in [2.75, 3.05) is 24.2 Å². The highest BCUT2D eigenvalue weighted by Crippen LogP contribution is 2.26. The number of likely N-dealkylation sites (tertiary alicyclic amines) is 1. The molecule has 2 heterocycles. The summed E-state index contributed by atoms with van der Waals surface area (Å²) in [5.41, 5.74) is 2.58. The Morgan fingerprint density at radius 2 is 2.24 bits per heavy atom. The molecule has 1 fully saturated rings. The number of aromatic carboxylic acids is 1. The molecule has 0 unspecified atom stereocenters. The molecule has 1 aliphatic heterocycles. The standard InChI is InChI=1S/C21H27N3O3S2/c1-2-3-6-15-7-4-5-8-17(15)22-13-16-9-10-19(25)24(16)11-12-28-21-23-18(14-29-21)20(26)27/h4-5,7-8,14,16,22H,2-3,6,9-13H2,1H3,(H,26,27)/t16-/m1/s1. The number of anilines is 1. The second-order valence-electron chi connectivity index (χ2n) is 7.07. The number of aromatic nitrogens is 1. The van der Waals surface area contributed by atoms with Crippen LogP contribution < -0.4 is 5.32 Å². The van der Waals surface area contributed by atoms with E-state index in [1.54, 1.807) is 5.38 Å². The molecule has 2 aromatic rings. The molecule has 1 atom stereocenters. The van der Waals surface area contributed by atoms with Gasteiger partial charge in [-0.15, -0.1) is 11.3 Å². The number of amides is 1. The van der Waals surface area contributed by atoms with Gasteiger partial charge < -0.3 is 15.3 Å². The molecule has 1 amide bonds. The van der Waals surface area contributed by atoms with Gasteiger partial charge in [0.2, 0.25) is 5.91 Å². The van der Waals surface area contributed by atoms with Crippen LogP contribution in [0.2, 0.25) is 0 Å². The van der Waals surface area contributed by atoms with Gasteiger partial charge >= 0.3 is 5.97 Å². The number of carbonyl (C=O) groups excluding carboxylic acids is 1. The summed E-state index contributed by atoms with van der Waals surface area (Å²) in [5, 5.41) is 14.1. The van der Waals surface area contributed by atoms with E-state index in [2.05, 4.69) is 35.4 Å². The minimum Gasteiger partial charge on any atom is -0.476 e. The molecule has 6 nitrogen and oxygen atoms in total. The number of hydrogen-bond acceptors (Lipinski definition) is 6. The van der Waals surface area contributed by atoms with Crippen LogP contribution in [0.4, 0.5) is 5.69 Å². The molecular weight excluding hydrogens is 406 g/mol. The SMILES string of the molecule is CCCCc1ccccc1NC[C@H]1CCC(=O)N1CCSc1nc(C(=O)O)cs1. The van der Waals surface area contributed by atoms with Gasteiger partial charge in [-0.05, 0) is 30.9 Å². The van der Waals surface area contributed by atoms with Gasteiger partial charge in [-0.1, -0.05) is 43.3 Å². The molecule has 0 aliphatic carbocycles. The Hall–Kier alpha value is -2.06. The van der Waals surface area contributed by atoms with Crippen LogP contribution in [0.25, 0.3) is 0 Å². The zero-order valence-corrected chi connectivity index (χ0v) is 18.2. The zero-order valence-electron chi connectivity index (χ0n) is 16.6. The predicted octanol–water partition coefficient (Wildman–Crippen LogP) is 4.38. The van der Waals surface area contributed by atoms with Crippen LogP contribution in [0.15, 0.2) is 34.0 Å². The number of carboxylic acid groups (broad SMARTS) is 1. The fourth-order valence-electron chi connectivity index (χ4n) is 3.47. The molecule has 2 N–H and O–H groups in total. The van der Waals surface area contributed by atoms with Gasteiger partial charge in [-0.25, -0.2) is 9.78 Å². The van der Waals surface area contributed by atoms with Crippen molar-refractivity contribution in [3.63, 3.8) is 0 Å². The van der Waals surface area contributed by atoms with Crippen LogP contribution >= 0.6 is 23.1 Å². The molecule has 156 valence electrons. The van der Waals surface area contributed by atoms with Crippen molar-refractivity contribution in [3.05, 3.63) is 40.9 Å². The highest BCUT2D eigenvalue weighted by molar-refractivity contribution is 8.01. The maximum absolute atomic E-state index is 12.3. The minimum atomic E-state index is -1.01. The van der Waals surface area contributed by atoms with E-state index >= 15 is 0 Å². The number of carboxylic acids is 1. The van der Waals surface area contributed by atoms with E-state index in [0.29, 0.717) is 18.7 Å². The van der Waals surface area contributed by atoms with Crippen molar-refractivity contribution in [1.82, 2.24) is 9.88 Å².